The minimum atomic E-state index is -0.405. The zero-order chi connectivity index (χ0) is 30.0. The molecule has 1 nitrogen and oxygen atoms in total. The van der Waals surface area contributed by atoms with Gasteiger partial charge in [-0.15, -0.1) is 0 Å². The van der Waals surface area contributed by atoms with Crippen molar-refractivity contribution in [3.63, 3.8) is 0 Å². The lowest BCUT2D eigenvalue weighted by atomic mass is 9.70. The molecule has 1 heteroatoms. The molecule has 0 fully saturated rings. The maximum atomic E-state index is 6.45. The predicted molar refractivity (Wildman–Crippen MR) is 189 cm³/mol. The summed E-state index contributed by atoms with van der Waals surface area (Å²) in [6, 6.07) is 58.3. The third kappa shape index (κ3) is 2.87. The molecule has 0 bridgehead atoms. The fraction of sp³-hybridized carbons (Fsp3) is 0.0222. The van der Waals surface area contributed by atoms with Crippen LogP contribution >= 0.6 is 0 Å². The Balaban J connectivity index is 1.28. The second kappa shape index (κ2) is 8.62. The third-order valence-corrected chi connectivity index (χ3v) is 10.7. The van der Waals surface area contributed by atoms with Crippen molar-refractivity contribution >= 4 is 21.5 Å². The Labute approximate surface area is 267 Å². The first-order valence-electron chi connectivity index (χ1n) is 16.0. The van der Waals surface area contributed by atoms with Crippen LogP contribution in [0.15, 0.2) is 158 Å². The zero-order valence-electron chi connectivity index (χ0n) is 24.9. The van der Waals surface area contributed by atoms with Crippen LogP contribution in [0.3, 0.4) is 0 Å². The summed E-state index contributed by atoms with van der Waals surface area (Å²) in [4.78, 5) is 0. The first kappa shape index (κ1) is 24.4. The van der Waals surface area contributed by atoms with E-state index in [1.165, 1.54) is 82.7 Å². The van der Waals surface area contributed by atoms with Gasteiger partial charge in [-0.1, -0.05) is 140 Å². The van der Waals surface area contributed by atoms with Crippen LogP contribution in [0.2, 0.25) is 0 Å². The molecule has 0 N–H and O–H groups in total. The Morgan fingerprint density at radius 2 is 1.02 bits per heavy atom. The Bertz CT molecular complexity index is 2580. The Morgan fingerprint density at radius 3 is 1.87 bits per heavy atom. The highest BCUT2D eigenvalue weighted by molar-refractivity contribution is 6.11. The van der Waals surface area contributed by atoms with Crippen molar-refractivity contribution in [1.82, 2.24) is 0 Å². The van der Waals surface area contributed by atoms with Crippen LogP contribution in [-0.4, -0.2) is 0 Å². The molecule has 11 rings (SSSR count). The van der Waals surface area contributed by atoms with E-state index in [0.717, 1.165) is 17.1 Å². The Hall–Kier alpha value is -5.92. The summed E-state index contributed by atoms with van der Waals surface area (Å²) in [7, 11) is 0. The fourth-order valence-corrected chi connectivity index (χ4v) is 8.91. The largest absolute Gasteiger partial charge is 0.456 e. The standard InChI is InChI=1S/C45H26O/c1-2-12-30-27(10-1)22-25-38-43(30)34-24-21-29(26-39(34)45(38)36-16-6-3-13-32(36)33-14-4-7-17-37(33)45)31-23-20-28-11-9-19-41-42(28)44(31)35-15-5-8-18-40(35)46-41/h1-26H. The van der Waals surface area contributed by atoms with Crippen LogP contribution in [0.1, 0.15) is 22.3 Å². The van der Waals surface area contributed by atoms with Gasteiger partial charge in [0.05, 0.1) is 5.41 Å². The molecule has 0 amide bonds. The number of hydrogen-bond acceptors (Lipinski definition) is 1. The topological polar surface area (TPSA) is 9.23 Å². The number of fused-ring (bicyclic) bond motifs is 14. The maximum Gasteiger partial charge on any atom is 0.135 e. The van der Waals surface area contributed by atoms with Gasteiger partial charge in [-0.25, -0.2) is 0 Å². The molecule has 1 spiro atoms. The fourth-order valence-electron chi connectivity index (χ4n) is 8.91. The molecule has 0 saturated carbocycles. The molecule has 8 aromatic rings. The van der Waals surface area contributed by atoms with Crippen molar-refractivity contribution < 1.29 is 4.74 Å². The van der Waals surface area contributed by atoms with Gasteiger partial charge in [0.2, 0.25) is 0 Å². The van der Waals surface area contributed by atoms with Gasteiger partial charge in [-0.05, 0) is 90.0 Å². The summed E-state index contributed by atoms with van der Waals surface area (Å²) >= 11 is 0. The molecule has 0 saturated heterocycles. The average molecular weight is 583 g/mol. The van der Waals surface area contributed by atoms with E-state index < -0.39 is 5.41 Å². The summed E-state index contributed by atoms with van der Waals surface area (Å²) in [5.74, 6) is 1.83. The van der Waals surface area contributed by atoms with Crippen molar-refractivity contribution in [3.05, 3.63) is 180 Å². The minimum absolute atomic E-state index is 0.405. The first-order valence-corrected chi connectivity index (χ1v) is 16.0. The molecule has 0 unspecified atom stereocenters. The van der Waals surface area contributed by atoms with Crippen molar-refractivity contribution in [3.8, 4) is 56.0 Å². The molecule has 0 atom stereocenters. The summed E-state index contributed by atoms with van der Waals surface area (Å²) < 4.78 is 6.45. The normalized spacial score (nSPS) is 14.0. The number of ether oxygens (including phenoxy) is 1. The molecule has 46 heavy (non-hydrogen) atoms. The summed E-state index contributed by atoms with van der Waals surface area (Å²) in [6.45, 7) is 0. The molecular formula is C45H26O. The molecule has 3 aliphatic rings. The second-order valence-electron chi connectivity index (χ2n) is 12.8. The molecule has 1 heterocycles. The van der Waals surface area contributed by atoms with E-state index in [-0.39, 0.29) is 0 Å². The lowest BCUT2D eigenvalue weighted by Gasteiger charge is -2.31. The smallest absolute Gasteiger partial charge is 0.135 e. The molecule has 0 aromatic heterocycles. The number of para-hydroxylation sites is 1. The van der Waals surface area contributed by atoms with Gasteiger partial charge >= 0.3 is 0 Å². The summed E-state index contributed by atoms with van der Waals surface area (Å²) in [6.07, 6.45) is 0. The molecule has 1 aliphatic heterocycles. The Kier molecular flexibility index (Phi) is 4.57. The van der Waals surface area contributed by atoms with Crippen molar-refractivity contribution in [2.75, 3.05) is 0 Å². The van der Waals surface area contributed by atoms with Gasteiger partial charge in [0.15, 0.2) is 0 Å². The number of benzene rings is 8. The summed E-state index contributed by atoms with van der Waals surface area (Å²) in [5, 5.41) is 4.96. The molecule has 8 aromatic carbocycles. The number of rotatable bonds is 1. The monoisotopic (exact) mass is 582 g/mol. The lowest BCUT2D eigenvalue weighted by molar-refractivity contribution is 0.487. The second-order valence-corrected chi connectivity index (χ2v) is 12.8. The van der Waals surface area contributed by atoms with Crippen LogP contribution in [0.5, 0.6) is 11.5 Å². The quantitative estimate of drug-likeness (QED) is 0.187. The third-order valence-electron chi connectivity index (χ3n) is 10.7. The van der Waals surface area contributed by atoms with Gasteiger partial charge in [-0.3, -0.25) is 0 Å². The molecular weight excluding hydrogens is 556 g/mol. The molecule has 2 aliphatic carbocycles. The average Bonchev–Trinajstić information content (AvgIpc) is 3.59. The van der Waals surface area contributed by atoms with Crippen LogP contribution in [-0.2, 0) is 5.41 Å². The zero-order valence-corrected chi connectivity index (χ0v) is 24.9. The predicted octanol–water partition coefficient (Wildman–Crippen LogP) is 11.8. The SMILES string of the molecule is c1ccc2c(c1)Oc1cccc3ccc(-c4ccc5c(c4)C4(c6ccccc6-c6ccccc64)c4ccc6ccccc6c4-5)c-2c13. The van der Waals surface area contributed by atoms with Crippen LogP contribution in [0.25, 0.3) is 66.1 Å². The van der Waals surface area contributed by atoms with E-state index in [0.29, 0.717) is 0 Å². The van der Waals surface area contributed by atoms with Crippen LogP contribution in [0, 0.1) is 0 Å². The van der Waals surface area contributed by atoms with Gasteiger partial charge in [0.25, 0.3) is 0 Å². The molecule has 212 valence electrons. The van der Waals surface area contributed by atoms with Gasteiger partial charge < -0.3 is 4.74 Å². The minimum Gasteiger partial charge on any atom is -0.456 e. The van der Waals surface area contributed by atoms with Crippen molar-refractivity contribution in [2.45, 2.75) is 5.41 Å². The van der Waals surface area contributed by atoms with Crippen LogP contribution < -0.4 is 4.74 Å². The highest BCUT2D eigenvalue weighted by atomic mass is 16.5. The van der Waals surface area contributed by atoms with E-state index >= 15 is 0 Å². The van der Waals surface area contributed by atoms with Crippen molar-refractivity contribution in [1.29, 1.82) is 0 Å². The highest BCUT2D eigenvalue weighted by Crippen LogP contribution is 2.64. The van der Waals surface area contributed by atoms with E-state index in [9.17, 15) is 0 Å². The van der Waals surface area contributed by atoms with Gasteiger partial charge in [-0.2, -0.15) is 0 Å². The summed E-state index contributed by atoms with van der Waals surface area (Å²) in [5.41, 5.74) is 15.2. The van der Waals surface area contributed by atoms with Gasteiger partial charge in [0.1, 0.15) is 11.5 Å². The van der Waals surface area contributed by atoms with Crippen LogP contribution in [0.4, 0.5) is 0 Å². The maximum absolute atomic E-state index is 6.45. The lowest BCUT2D eigenvalue weighted by Crippen LogP contribution is -2.25. The van der Waals surface area contributed by atoms with Gasteiger partial charge in [0, 0.05) is 16.5 Å². The van der Waals surface area contributed by atoms with Crippen molar-refractivity contribution in [2.24, 2.45) is 0 Å². The van der Waals surface area contributed by atoms with E-state index in [1.54, 1.807) is 0 Å². The van der Waals surface area contributed by atoms with E-state index in [2.05, 4.69) is 158 Å². The molecule has 0 radical (unpaired) electrons. The number of hydrogen-bond donors (Lipinski definition) is 0. The van der Waals surface area contributed by atoms with E-state index in [4.69, 9.17) is 4.74 Å². The Morgan fingerprint density at radius 1 is 0.370 bits per heavy atom. The van der Waals surface area contributed by atoms with E-state index in [1.807, 2.05) is 0 Å². The highest BCUT2D eigenvalue weighted by Gasteiger charge is 2.52. The first-order chi connectivity index (χ1) is 22.8.